The molecule has 0 saturated carbocycles. The second kappa shape index (κ2) is 5.03. The standard InChI is InChI=1S/C15H20O2/c1-15(16,12-8-4-3-5-9-12)13-10-6-7-11-14(13)17-2/h3-5,8-10,14,16H,6-7,11H2,1-2H3/t14-,15-/m1/s1. The van der Waals surface area contributed by atoms with Crippen LogP contribution in [0.4, 0.5) is 0 Å². The van der Waals surface area contributed by atoms with Gasteiger partial charge in [0.1, 0.15) is 5.60 Å². The molecule has 1 aliphatic carbocycles. The Labute approximate surface area is 103 Å². The number of aliphatic hydroxyl groups is 1. The average molecular weight is 232 g/mol. The molecular weight excluding hydrogens is 212 g/mol. The minimum absolute atomic E-state index is 0.0407. The van der Waals surface area contributed by atoms with Crippen LogP contribution in [0.15, 0.2) is 42.0 Å². The Hall–Kier alpha value is -1.12. The number of ether oxygens (including phenoxy) is 1. The summed E-state index contributed by atoms with van der Waals surface area (Å²) in [5.41, 5.74) is 0.996. The summed E-state index contributed by atoms with van der Waals surface area (Å²) >= 11 is 0. The molecule has 1 aromatic carbocycles. The molecule has 0 aliphatic heterocycles. The lowest BCUT2D eigenvalue weighted by atomic mass is 9.80. The van der Waals surface area contributed by atoms with Crippen molar-refractivity contribution >= 4 is 0 Å². The first-order chi connectivity index (χ1) is 8.16. The minimum atomic E-state index is -0.928. The van der Waals surface area contributed by atoms with E-state index in [1.807, 2.05) is 37.3 Å². The SMILES string of the molecule is CO[C@@H]1CCCC=C1[C@](C)(O)c1ccccc1. The van der Waals surface area contributed by atoms with Gasteiger partial charge in [0.2, 0.25) is 0 Å². The maximum atomic E-state index is 10.8. The van der Waals surface area contributed by atoms with E-state index in [-0.39, 0.29) is 6.10 Å². The molecule has 0 amide bonds. The highest BCUT2D eigenvalue weighted by atomic mass is 16.5. The highest BCUT2D eigenvalue weighted by Crippen LogP contribution is 2.36. The number of methoxy groups -OCH3 is 1. The summed E-state index contributed by atoms with van der Waals surface area (Å²) in [6.45, 7) is 1.85. The highest BCUT2D eigenvalue weighted by Gasteiger charge is 2.34. The molecule has 0 aromatic heterocycles. The van der Waals surface area contributed by atoms with Crippen molar-refractivity contribution in [3.8, 4) is 0 Å². The van der Waals surface area contributed by atoms with Crippen molar-refractivity contribution in [3.63, 3.8) is 0 Å². The van der Waals surface area contributed by atoms with E-state index in [0.717, 1.165) is 30.4 Å². The van der Waals surface area contributed by atoms with Gasteiger partial charge < -0.3 is 9.84 Å². The fourth-order valence-corrected chi connectivity index (χ4v) is 2.53. The van der Waals surface area contributed by atoms with Crippen LogP contribution in [-0.4, -0.2) is 18.3 Å². The molecule has 0 unspecified atom stereocenters. The molecule has 2 nitrogen and oxygen atoms in total. The van der Waals surface area contributed by atoms with Crippen LogP contribution >= 0.6 is 0 Å². The van der Waals surface area contributed by atoms with Gasteiger partial charge in [-0.3, -0.25) is 0 Å². The lowest BCUT2D eigenvalue weighted by molar-refractivity contribution is 0.0365. The van der Waals surface area contributed by atoms with E-state index in [0.29, 0.717) is 0 Å². The molecule has 0 spiro atoms. The summed E-state index contributed by atoms with van der Waals surface area (Å²) in [5.74, 6) is 0. The largest absolute Gasteiger partial charge is 0.381 e. The van der Waals surface area contributed by atoms with E-state index in [4.69, 9.17) is 4.74 Å². The summed E-state index contributed by atoms with van der Waals surface area (Å²) in [4.78, 5) is 0. The molecule has 2 rings (SSSR count). The smallest absolute Gasteiger partial charge is 0.110 e. The van der Waals surface area contributed by atoms with Crippen LogP contribution < -0.4 is 0 Å². The van der Waals surface area contributed by atoms with Gasteiger partial charge in [0, 0.05) is 7.11 Å². The van der Waals surface area contributed by atoms with Crippen LogP contribution in [0, 0.1) is 0 Å². The second-order valence-electron chi connectivity index (χ2n) is 4.75. The first kappa shape index (κ1) is 12.3. The van der Waals surface area contributed by atoms with Gasteiger partial charge in [-0.05, 0) is 37.3 Å². The Morgan fingerprint density at radius 3 is 2.65 bits per heavy atom. The second-order valence-corrected chi connectivity index (χ2v) is 4.75. The maximum absolute atomic E-state index is 10.8. The molecule has 17 heavy (non-hydrogen) atoms. The van der Waals surface area contributed by atoms with Crippen LogP contribution in [0.3, 0.4) is 0 Å². The van der Waals surface area contributed by atoms with Gasteiger partial charge in [0.25, 0.3) is 0 Å². The summed E-state index contributed by atoms with van der Waals surface area (Å²) in [6, 6.07) is 9.79. The molecule has 2 heteroatoms. The van der Waals surface area contributed by atoms with Crippen molar-refractivity contribution in [3.05, 3.63) is 47.5 Å². The molecular formula is C15H20O2. The van der Waals surface area contributed by atoms with Crippen LogP contribution in [0.5, 0.6) is 0 Å². The van der Waals surface area contributed by atoms with Crippen molar-refractivity contribution in [1.82, 2.24) is 0 Å². The topological polar surface area (TPSA) is 29.5 Å². The lowest BCUT2D eigenvalue weighted by Crippen LogP contribution is -2.33. The van der Waals surface area contributed by atoms with Gasteiger partial charge >= 0.3 is 0 Å². The number of rotatable bonds is 3. The molecule has 0 bridgehead atoms. The van der Waals surface area contributed by atoms with Crippen LogP contribution in [0.2, 0.25) is 0 Å². The van der Waals surface area contributed by atoms with E-state index >= 15 is 0 Å². The molecule has 0 saturated heterocycles. The van der Waals surface area contributed by atoms with Crippen LogP contribution in [-0.2, 0) is 10.3 Å². The molecule has 1 aromatic rings. The van der Waals surface area contributed by atoms with E-state index in [1.165, 1.54) is 0 Å². The molecule has 92 valence electrons. The average Bonchev–Trinajstić information content (AvgIpc) is 2.39. The highest BCUT2D eigenvalue weighted by molar-refractivity contribution is 5.34. The normalized spacial score (nSPS) is 23.9. The maximum Gasteiger partial charge on any atom is 0.110 e. The minimum Gasteiger partial charge on any atom is -0.381 e. The van der Waals surface area contributed by atoms with Crippen LogP contribution in [0.1, 0.15) is 31.7 Å². The molecule has 1 aliphatic rings. The zero-order valence-electron chi connectivity index (χ0n) is 10.5. The number of benzene rings is 1. The summed E-state index contributed by atoms with van der Waals surface area (Å²) < 4.78 is 5.48. The molecule has 0 radical (unpaired) electrons. The van der Waals surface area contributed by atoms with Gasteiger partial charge in [0.15, 0.2) is 0 Å². The Bertz CT molecular complexity index is 393. The molecule has 0 fully saturated rings. The third-order valence-electron chi connectivity index (χ3n) is 3.56. The van der Waals surface area contributed by atoms with Gasteiger partial charge in [-0.25, -0.2) is 0 Å². The molecule has 2 atom stereocenters. The van der Waals surface area contributed by atoms with E-state index in [9.17, 15) is 5.11 Å². The van der Waals surface area contributed by atoms with Gasteiger partial charge in [-0.2, -0.15) is 0 Å². The van der Waals surface area contributed by atoms with Gasteiger partial charge in [-0.15, -0.1) is 0 Å². The van der Waals surface area contributed by atoms with E-state index < -0.39 is 5.60 Å². The summed E-state index contributed by atoms with van der Waals surface area (Å²) in [7, 11) is 1.71. The monoisotopic (exact) mass is 232 g/mol. The number of allylic oxidation sites excluding steroid dienone is 1. The predicted molar refractivity (Wildman–Crippen MR) is 68.7 cm³/mol. The van der Waals surface area contributed by atoms with Crippen molar-refractivity contribution < 1.29 is 9.84 Å². The van der Waals surface area contributed by atoms with Gasteiger partial charge in [0.05, 0.1) is 6.10 Å². The fraction of sp³-hybridized carbons (Fsp3) is 0.467. The zero-order chi connectivity index (χ0) is 12.3. The molecule has 1 N–H and O–H groups in total. The van der Waals surface area contributed by atoms with Gasteiger partial charge in [-0.1, -0.05) is 36.4 Å². The van der Waals surface area contributed by atoms with Crippen LogP contribution in [0.25, 0.3) is 0 Å². The zero-order valence-corrected chi connectivity index (χ0v) is 10.5. The third-order valence-corrected chi connectivity index (χ3v) is 3.56. The first-order valence-electron chi connectivity index (χ1n) is 6.17. The Kier molecular flexibility index (Phi) is 3.65. The predicted octanol–water partition coefficient (Wildman–Crippen LogP) is 3.02. The number of hydrogen-bond acceptors (Lipinski definition) is 2. The third kappa shape index (κ3) is 2.43. The van der Waals surface area contributed by atoms with E-state index in [1.54, 1.807) is 7.11 Å². The summed E-state index contributed by atoms with van der Waals surface area (Å²) in [5, 5.41) is 10.8. The lowest BCUT2D eigenvalue weighted by Gasteiger charge is -2.34. The Morgan fingerprint density at radius 1 is 1.29 bits per heavy atom. The van der Waals surface area contributed by atoms with E-state index in [2.05, 4.69) is 6.08 Å². The van der Waals surface area contributed by atoms with Crippen molar-refractivity contribution in [2.75, 3.05) is 7.11 Å². The quantitative estimate of drug-likeness (QED) is 0.812. The summed E-state index contributed by atoms with van der Waals surface area (Å²) in [6.07, 6.45) is 5.32. The van der Waals surface area contributed by atoms with Crippen molar-refractivity contribution in [1.29, 1.82) is 0 Å². The van der Waals surface area contributed by atoms with Crippen molar-refractivity contribution in [2.24, 2.45) is 0 Å². The Morgan fingerprint density at radius 2 is 2.00 bits per heavy atom. The van der Waals surface area contributed by atoms with Crippen molar-refractivity contribution in [2.45, 2.75) is 37.9 Å². The fourth-order valence-electron chi connectivity index (χ4n) is 2.53. The number of hydrogen-bond donors (Lipinski definition) is 1. The Balaban J connectivity index is 2.34. The molecule has 0 heterocycles. The first-order valence-corrected chi connectivity index (χ1v) is 6.17.